The van der Waals surface area contributed by atoms with Crippen molar-refractivity contribution in [2.75, 3.05) is 25.7 Å². The molecule has 1 amide bonds. The van der Waals surface area contributed by atoms with Crippen molar-refractivity contribution in [1.29, 1.82) is 0 Å². The largest absolute Gasteiger partial charge is 0.507 e. The summed E-state index contributed by atoms with van der Waals surface area (Å²) >= 11 is 0. The van der Waals surface area contributed by atoms with Gasteiger partial charge < -0.3 is 19.3 Å². The number of carbonyl (C=O) groups is 2. The maximum Gasteiger partial charge on any atom is 0.300 e. The lowest BCUT2D eigenvalue weighted by molar-refractivity contribution is -0.132. The van der Waals surface area contributed by atoms with Crippen LogP contribution < -0.4 is 19.1 Å². The van der Waals surface area contributed by atoms with E-state index in [1.165, 1.54) is 12.0 Å². The summed E-state index contributed by atoms with van der Waals surface area (Å²) in [4.78, 5) is 28.4. The highest BCUT2D eigenvalue weighted by Crippen LogP contribution is 2.45. The lowest BCUT2D eigenvalue weighted by Gasteiger charge is -2.28. The average Bonchev–Trinajstić information content (AvgIpc) is 3.15. The first-order valence-electron chi connectivity index (χ1n) is 11.6. The van der Waals surface area contributed by atoms with Gasteiger partial charge in [-0.3, -0.25) is 14.5 Å². The van der Waals surface area contributed by atoms with Crippen LogP contribution in [0.2, 0.25) is 0 Å². The van der Waals surface area contributed by atoms with Gasteiger partial charge in [0.25, 0.3) is 11.7 Å². The third-order valence-corrected chi connectivity index (χ3v) is 6.43. The smallest absolute Gasteiger partial charge is 0.300 e. The van der Waals surface area contributed by atoms with Gasteiger partial charge in [-0.05, 0) is 67.8 Å². The van der Waals surface area contributed by atoms with Gasteiger partial charge in [-0.15, -0.1) is 0 Å². The van der Waals surface area contributed by atoms with Crippen molar-refractivity contribution in [3.8, 4) is 17.2 Å². The van der Waals surface area contributed by atoms with Gasteiger partial charge in [0.1, 0.15) is 11.5 Å². The predicted molar refractivity (Wildman–Crippen MR) is 138 cm³/mol. The second-order valence-corrected chi connectivity index (χ2v) is 8.46. The van der Waals surface area contributed by atoms with E-state index in [2.05, 4.69) is 0 Å². The number of aliphatic hydroxyl groups is 1. The molecule has 4 rings (SSSR count). The first-order chi connectivity index (χ1) is 17.3. The normalized spacial score (nSPS) is 16.8. The fraction of sp³-hybridized carbons (Fsp3) is 0.241. The van der Waals surface area contributed by atoms with Gasteiger partial charge in [-0.2, -0.15) is 0 Å². The maximum absolute atomic E-state index is 13.5. The van der Waals surface area contributed by atoms with Crippen molar-refractivity contribution in [2.24, 2.45) is 0 Å². The Balaban J connectivity index is 2.00. The number of hydrogen-bond acceptors (Lipinski definition) is 6. The van der Waals surface area contributed by atoms with E-state index in [0.29, 0.717) is 40.7 Å². The molecule has 0 spiro atoms. The Labute approximate surface area is 210 Å². The van der Waals surface area contributed by atoms with Crippen molar-refractivity contribution in [1.82, 2.24) is 0 Å². The van der Waals surface area contributed by atoms with Crippen LogP contribution in [0.5, 0.6) is 17.2 Å². The number of amides is 1. The standard InChI is InChI=1S/C29H29NO6/c1-6-36-24-16-19(13-14-23(24)35-5)26-25(27(31)20-10-8-11-21(15-20)34-4)28(32)29(33)30(26)22-12-7-9-17(2)18(22)3/h7-16,26,31H,6H2,1-5H3/b27-25+. The second-order valence-electron chi connectivity index (χ2n) is 8.46. The Bertz CT molecular complexity index is 1360. The quantitative estimate of drug-likeness (QED) is 0.275. The first-order valence-corrected chi connectivity index (χ1v) is 11.6. The molecular weight excluding hydrogens is 458 g/mol. The van der Waals surface area contributed by atoms with Crippen LogP contribution in [0.4, 0.5) is 5.69 Å². The molecule has 186 valence electrons. The van der Waals surface area contributed by atoms with E-state index in [-0.39, 0.29) is 11.3 Å². The van der Waals surface area contributed by atoms with Crippen molar-refractivity contribution in [3.63, 3.8) is 0 Å². The molecule has 0 saturated carbocycles. The predicted octanol–water partition coefficient (Wildman–Crippen LogP) is 5.35. The Hall–Kier alpha value is -4.26. The highest BCUT2D eigenvalue weighted by Gasteiger charge is 2.47. The number of rotatable bonds is 7. The minimum absolute atomic E-state index is 0.0122. The van der Waals surface area contributed by atoms with Gasteiger partial charge in [0.15, 0.2) is 11.5 Å². The summed E-state index contributed by atoms with van der Waals surface area (Å²) in [5.41, 5.74) is 3.40. The number of hydrogen-bond donors (Lipinski definition) is 1. The summed E-state index contributed by atoms with van der Waals surface area (Å²) in [6, 6.07) is 16.7. The molecule has 0 aromatic heterocycles. The number of methoxy groups -OCH3 is 2. The maximum atomic E-state index is 13.5. The molecule has 1 heterocycles. The summed E-state index contributed by atoms with van der Waals surface area (Å²) in [6.45, 7) is 6.11. The minimum Gasteiger partial charge on any atom is -0.507 e. The van der Waals surface area contributed by atoms with E-state index in [0.717, 1.165) is 11.1 Å². The topological polar surface area (TPSA) is 85.3 Å². The number of carbonyl (C=O) groups excluding carboxylic acids is 2. The Kier molecular flexibility index (Phi) is 7.01. The van der Waals surface area contributed by atoms with Gasteiger partial charge in [-0.1, -0.05) is 30.3 Å². The zero-order chi connectivity index (χ0) is 26.0. The molecule has 3 aromatic rings. The van der Waals surface area contributed by atoms with Crippen LogP contribution in [0.3, 0.4) is 0 Å². The molecule has 1 aliphatic rings. The number of anilines is 1. The van der Waals surface area contributed by atoms with Crippen LogP contribution in [-0.2, 0) is 9.59 Å². The van der Waals surface area contributed by atoms with E-state index in [1.807, 2.05) is 32.9 Å². The summed E-state index contributed by atoms with van der Waals surface area (Å²) in [7, 11) is 3.06. The van der Waals surface area contributed by atoms with E-state index >= 15 is 0 Å². The van der Waals surface area contributed by atoms with E-state index in [4.69, 9.17) is 14.2 Å². The van der Waals surface area contributed by atoms with Crippen LogP contribution >= 0.6 is 0 Å². The van der Waals surface area contributed by atoms with Crippen LogP contribution in [0, 0.1) is 13.8 Å². The Morgan fingerprint density at radius 1 is 0.944 bits per heavy atom. The van der Waals surface area contributed by atoms with Crippen molar-refractivity contribution < 1.29 is 28.9 Å². The number of Topliss-reactive ketones (excluding diaryl/α,β-unsaturated/α-hetero) is 1. The lowest BCUT2D eigenvalue weighted by Crippen LogP contribution is -2.30. The van der Waals surface area contributed by atoms with Crippen LogP contribution in [0.1, 0.15) is 35.2 Å². The lowest BCUT2D eigenvalue weighted by atomic mass is 9.94. The molecule has 1 N–H and O–H groups in total. The number of ketones is 1. The number of aliphatic hydroxyl groups excluding tert-OH is 1. The minimum atomic E-state index is -0.887. The molecule has 3 aromatic carbocycles. The van der Waals surface area contributed by atoms with Gasteiger partial charge in [-0.25, -0.2) is 0 Å². The molecule has 1 aliphatic heterocycles. The summed E-state index contributed by atoms with van der Waals surface area (Å²) in [6.07, 6.45) is 0. The molecule has 1 saturated heterocycles. The van der Waals surface area contributed by atoms with Gasteiger partial charge in [0.05, 0.1) is 32.4 Å². The Morgan fingerprint density at radius 2 is 1.69 bits per heavy atom. The second kappa shape index (κ2) is 10.2. The third-order valence-electron chi connectivity index (χ3n) is 6.43. The van der Waals surface area contributed by atoms with Gasteiger partial charge in [0, 0.05) is 11.3 Å². The average molecular weight is 488 g/mol. The van der Waals surface area contributed by atoms with E-state index in [9.17, 15) is 14.7 Å². The van der Waals surface area contributed by atoms with Crippen molar-refractivity contribution in [3.05, 3.63) is 88.5 Å². The zero-order valence-corrected chi connectivity index (χ0v) is 21.0. The molecule has 1 fully saturated rings. The zero-order valence-electron chi connectivity index (χ0n) is 21.0. The molecule has 0 aliphatic carbocycles. The van der Waals surface area contributed by atoms with Gasteiger partial charge >= 0.3 is 0 Å². The molecule has 1 unspecified atom stereocenters. The molecule has 7 heteroatoms. The Morgan fingerprint density at radius 3 is 2.39 bits per heavy atom. The number of nitrogens with zero attached hydrogens (tertiary/aromatic N) is 1. The highest BCUT2D eigenvalue weighted by molar-refractivity contribution is 6.51. The summed E-state index contributed by atoms with van der Waals surface area (Å²) < 4.78 is 16.5. The fourth-order valence-electron chi connectivity index (χ4n) is 4.45. The number of aryl methyl sites for hydroxylation is 1. The molecule has 7 nitrogen and oxygen atoms in total. The molecular formula is C29H29NO6. The fourth-order valence-corrected chi connectivity index (χ4v) is 4.45. The molecule has 36 heavy (non-hydrogen) atoms. The highest BCUT2D eigenvalue weighted by atomic mass is 16.5. The SMILES string of the molecule is CCOc1cc(C2/C(=C(\O)c3cccc(OC)c3)C(=O)C(=O)N2c2cccc(C)c2C)ccc1OC. The molecule has 0 bridgehead atoms. The van der Waals surface area contributed by atoms with E-state index in [1.54, 1.807) is 55.6 Å². The van der Waals surface area contributed by atoms with E-state index < -0.39 is 17.7 Å². The number of ether oxygens (including phenoxy) is 3. The summed E-state index contributed by atoms with van der Waals surface area (Å²) in [5.74, 6) is -0.245. The molecule has 0 radical (unpaired) electrons. The van der Waals surface area contributed by atoms with Crippen molar-refractivity contribution in [2.45, 2.75) is 26.8 Å². The first kappa shape index (κ1) is 24.9. The van der Waals surface area contributed by atoms with Crippen LogP contribution in [0.25, 0.3) is 5.76 Å². The van der Waals surface area contributed by atoms with Gasteiger partial charge in [0.2, 0.25) is 0 Å². The number of benzene rings is 3. The van der Waals surface area contributed by atoms with Crippen molar-refractivity contribution >= 4 is 23.1 Å². The summed E-state index contributed by atoms with van der Waals surface area (Å²) in [5, 5.41) is 11.4. The molecule has 1 atom stereocenters. The van der Waals surface area contributed by atoms with Crippen LogP contribution in [-0.4, -0.2) is 37.6 Å². The van der Waals surface area contributed by atoms with Crippen LogP contribution in [0.15, 0.2) is 66.2 Å². The third kappa shape index (κ3) is 4.28. The monoisotopic (exact) mass is 487 g/mol.